The lowest BCUT2D eigenvalue weighted by atomic mass is 10.0. The van der Waals surface area contributed by atoms with Crippen molar-refractivity contribution in [2.45, 2.75) is 6.42 Å². The molecule has 0 aliphatic carbocycles. The molecule has 22 heavy (non-hydrogen) atoms. The summed E-state index contributed by atoms with van der Waals surface area (Å²) in [6.45, 7) is 0.427. The van der Waals surface area contributed by atoms with Gasteiger partial charge in [-0.15, -0.1) is 0 Å². The van der Waals surface area contributed by atoms with Crippen LogP contribution in [0.3, 0.4) is 0 Å². The minimum absolute atomic E-state index is 0.0649. The molecule has 0 radical (unpaired) electrons. The van der Waals surface area contributed by atoms with Crippen LogP contribution in [0.25, 0.3) is 22.8 Å². The van der Waals surface area contributed by atoms with Gasteiger partial charge >= 0.3 is 0 Å². The normalized spacial score (nSPS) is 13.5. The summed E-state index contributed by atoms with van der Waals surface area (Å²) in [7, 11) is 0. The number of Topliss-reactive ketones (excluding diaryl/α,β-unsaturated/α-hetero) is 1. The summed E-state index contributed by atoms with van der Waals surface area (Å²) in [6.07, 6.45) is 3.74. The first kappa shape index (κ1) is 12.7. The molecule has 0 fully saturated rings. The van der Waals surface area contributed by atoms with E-state index in [1.165, 1.54) is 0 Å². The van der Waals surface area contributed by atoms with Crippen LogP contribution in [0.2, 0.25) is 0 Å². The topological polar surface area (TPSA) is 78.1 Å². The van der Waals surface area contributed by atoms with Crippen LogP contribution in [-0.4, -0.2) is 27.5 Å². The summed E-state index contributed by atoms with van der Waals surface area (Å²) in [4.78, 5) is 20.3. The van der Waals surface area contributed by atoms with Gasteiger partial charge in [0.05, 0.1) is 12.2 Å². The number of nitrogens with zero attached hydrogens (tertiary/aromatic N) is 3. The first-order valence-electron chi connectivity index (χ1n) is 6.86. The van der Waals surface area contributed by atoms with E-state index in [9.17, 15) is 4.79 Å². The Hall–Kier alpha value is -3.02. The quantitative estimate of drug-likeness (QED) is 0.723. The number of rotatable bonds is 2. The number of ketones is 1. The predicted octanol–water partition coefficient (Wildman–Crippen LogP) is 2.76. The van der Waals surface area contributed by atoms with Crippen molar-refractivity contribution >= 4 is 5.78 Å². The first-order chi connectivity index (χ1) is 10.8. The van der Waals surface area contributed by atoms with Gasteiger partial charge in [0.1, 0.15) is 5.75 Å². The second-order valence-corrected chi connectivity index (χ2v) is 4.90. The molecule has 0 bridgehead atoms. The molecule has 6 nitrogen and oxygen atoms in total. The zero-order valence-corrected chi connectivity index (χ0v) is 11.5. The van der Waals surface area contributed by atoms with Crippen LogP contribution >= 0.6 is 0 Å². The molecule has 3 aromatic rings. The Kier molecular flexibility index (Phi) is 2.93. The fraction of sp³-hybridized carbons (Fsp3) is 0.125. The van der Waals surface area contributed by atoms with Gasteiger partial charge in [0.15, 0.2) is 5.78 Å². The molecule has 6 heteroatoms. The summed E-state index contributed by atoms with van der Waals surface area (Å²) in [5.74, 6) is 1.49. The minimum Gasteiger partial charge on any atom is -0.492 e. The summed E-state index contributed by atoms with van der Waals surface area (Å²) >= 11 is 0. The monoisotopic (exact) mass is 293 g/mol. The molecular formula is C16H11N3O3. The van der Waals surface area contributed by atoms with Crippen molar-refractivity contribution < 1.29 is 14.1 Å². The Balaban J connectivity index is 1.73. The van der Waals surface area contributed by atoms with Crippen molar-refractivity contribution in [2.75, 3.05) is 6.61 Å². The van der Waals surface area contributed by atoms with Crippen LogP contribution in [0.15, 0.2) is 47.2 Å². The molecule has 0 unspecified atom stereocenters. The highest BCUT2D eigenvalue weighted by Gasteiger charge is 2.20. The highest BCUT2D eigenvalue weighted by atomic mass is 16.5. The molecule has 0 saturated carbocycles. The lowest BCUT2D eigenvalue weighted by Crippen LogP contribution is -2.15. The van der Waals surface area contributed by atoms with E-state index in [4.69, 9.17) is 9.26 Å². The van der Waals surface area contributed by atoms with E-state index in [1.54, 1.807) is 36.7 Å². The maximum atomic E-state index is 11.9. The van der Waals surface area contributed by atoms with Crippen LogP contribution in [0.4, 0.5) is 0 Å². The molecule has 1 aromatic carbocycles. The molecule has 2 aromatic heterocycles. The number of benzene rings is 1. The SMILES string of the molecule is O=C1CCOc2ccc(-c3nc(-c4cccnc4)no3)cc21. The van der Waals surface area contributed by atoms with Crippen molar-refractivity contribution in [3.05, 3.63) is 48.3 Å². The lowest BCUT2D eigenvalue weighted by Gasteiger charge is -2.16. The molecule has 1 aliphatic rings. The summed E-state index contributed by atoms with van der Waals surface area (Å²) in [6, 6.07) is 8.96. The van der Waals surface area contributed by atoms with Gasteiger partial charge < -0.3 is 9.26 Å². The summed E-state index contributed by atoms with van der Waals surface area (Å²) in [5.41, 5.74) is 2.03. The van der Waals surface area contributed by atoms with Crippen LogP contribution in [0.1, 0.15) is 16.8 Å². The second kappa shape index (κ2) is 5.07. The number of hydrogen-bond donors (Lipinski definition) is 0. The van der Waals surface area contributed by atoms with Gasteiger partial charge in [0.2, 0.25) is 5.82 Å². The zero-order valence-electron chi connectivity index (χ0n) is 11.5. The third-order valence-corrected chi connectivity index (χ3v) is 3.46. The maximum absolute atomic E-state index is 11.9. The van der Waals surface area contributed by atoms with E-state index in [-0.39, 0.29) is 5.78 Å². The molecule has 108 valence electrons. The number of hydrogen-bond acceptors (Lipinski definition) is 6. The minimum atomic E-state index is 0.0649. The Morgan fingerprint density at radius 2 is 2.09 bits per heavy atom. The van der Waals surface area contributed by atoms with Gasteiger partial charge in [0, 0.05) is 29.9 Å². The van der Waals surface area contributed by atoms with Crippen molar-refractivity contribution in [3.8, 4) is 28.6 Å². The molecule has 0 N–H and O–H groups in total. The third kappa shape index (κ3) is 2.14. The van der Waals surface area contributed by atoms with Crippen LogP contribution < -0.4 is 4.74 Å². The average Bonchev–Trinajstić information content (AvgIpc) is 3.06. The Bertz CT molecular complexity index is 843. The van der Waals surface area contributed by atoms with Crippen molar-refractivity contribution in [3.63, 3.8) is 0 Å². The summed E-state index contributed by atoms with van der Waals surface area (Å²) < 4.78 is 10.8. The number of pyridine rings is 1. The Morgan fingerprint density at radius 1 is 1.14 bits per heavy atom. The second-order valence-electron chi connectivity index (χ2n) is 4.90. The first-order valence-corrected chi connectivity index (χ1v) is 6.86. The van der Waals surface area contributed by atoms with E-state index in [2.05, 4.69) is 15.1 Å². The fourth-order valence-corrected chi connectivity index (χ4v) is 2.35. The predicted molar refractivity (Wildman–Crippen MR) is 77.4 cm³/mol. The number of ether oxygens (including phenoxy) is 1. The third-order valence-electron chi connectivity index (χ3n) is 3.46. The Morgan fingerprint density at radius 3 is 2.95 bits per heavy atom. The van der Waals surface area contributed by atoms with Gasteiger partial charge in [-0.1, -0.05) is 5.16 Å². The van der Waals surface area contributed by atoms with Gasteiger partial charge in [-0.3, -0.25) is 9.78 Å². The molecule has 0 spiro atoms. The van der Waals surface area contributed by atoms with E-state index >= 15 is 0 Å². The molecule has 0 atom stereocenters. The standard InChI is InChI=1S/C16H11N3O3/c20-13-5-7-21-14-4-3-10(8-12(13)14)16-18-15(19-22-16)11-2-1-6-17-9-11/h1-4,6,8-9H,5,7H2. The van der Waals surface area contributed by atoms with E-state index in [0.717, 1.165) is 5.56 Å². The fourth-order valence-electron chi connectivity index (χ4n) is 2.35. The van der Waals surface area contributed by atoms with E-state index in [1.807, 2.05) is 6.07 Å². The van der Waals surface area contributed by atoms with Gasteiger partial charge in [0.25, 0.3) is 5.89 Å². The number of aromatic nitrogens is 3. The van der Waals surface area contributed by atoms with Crippen molar-refractivity contribution in [2.24, 2.45) is 0 Å². The van der Waals surface area contributed by atoms with Crippen LogP contribution in [-0.2, 0) is 0 Å². The number of carbonyl (C=O) groups is 1. The van der Waals surface area contributed by atoms with Crippen molar-refractivity contribution in [1.82, 2.24) is 15.1 Å². The number of fused-ring (bicyclic) bond motifs is 1. The molecule has 4 rings (SSSR count). The maximum Gasteiger partial charge on any atom is 0.258 e. The largest absolute Gasteiger partial charge is 0.492 e. The highest BCUT2D eigenvalue weighted by molar-refractivity contribution is 6.00. The van der Waals surface area contributed by atoms with Gasteiger partial charge in [-0.05, 0) is 30.3 Å². The highest BCUT2D eigenvalue weighted by Crippen LogP contribution is 2.30. The summed E-state index contributed by atoms with van der Waals surface area (Å²) in [5, 5.41) is 3.95. The molecule has 3 heterocycles. The number of carbonyl (C=O) groups excluding carboxylic acids is 1. The van der Waals surface area contributed by atoms with Crippen LogP contribution in [0, 0.1) is 0 Å². The molecule has 1 aliphatic heterocycles. The van der Waals surface area contributed by atoms with Crippen molar-refractivity contribution in [1.29, 1.82) is 0 Å². The molecule has 0 amide bonds. The van der Waals surface area contributed by atoms with E-state index in [0.29, 0.717) is 41.6 Å². The van der Waals surface area contributed by atoms with Gasteiger partial charge in [-0.25, -0.2) is 0 Å². The van der Waals surface area contributed by atoms with Crippen LogP contribution in [0.5, 0.6) is 5.75 Å². The van der Waals surface area contributed by atoms with E-state index < -0.39 is 0 Å². The smallest absolute Gasteiger partial charge is 0.258 e. The average molecular weight is 293 g/mol. The molecule has 0 saturated heterocycles. The van der Waals surface area contributed by atoms with Gasteiger partial charge in [-0.2, -0.15) is 4.98 Å². The Labute approximate surface area is 125 Å². The lowest BCUT2D eigenvalue weighted by molar-refractivity contribution is 0.0933. The molecular weight excluding hydrogens is 282 g/mol. The zero-order chi connectivity index (χ0) is 14.9.